The van der Waals surface area contributed by atoms with E-state index in [1.54, 1.807) is 19.2 Å². The summed E-state index contributed by atoms with van der Waals surface area (Å²) >= 11 is 0. The monoisotopic (exact) mass is 315 g/mol. The Hall–Kier alpha value is -2.47. The number of aromatic nitrogens is 2. The number of carbonyl (C=O) groups is 1. The van der Waals surface area contributed by atoms with Crippen molar-refractivity contribution in [3.8, 4) is 11.1 Å². The van der Waals surface area contributed by atoms with Crippen molar-refractivity contribution >= 4 is 5.91 Å². The fourth-order valence-corrected chi connectivity index (χ4v) is 2.28. The molecular weight excluding hydrogens is 294 g/mol. The van der Waals surface area contributed by atoms with Gasteiger partial charge in [0, 0.05) is 41.3 Å². The predicted molar refractivity (Wildman–Crippen MR) is 88.4 cm³/mol. The highest BCUT2D eigenvalue weighted by Gasteiger charge is 2.11. The number of aryl methyl sites for hydroxylation is 2. The van der Waals surface area contributed by atoms with Gasteiger partial charge in [-0.05, 0) is 32.4 Å². The van der Waals surface area contributed by atoms with Crippen molar-refractivity contribution < 1.29 is 9.90 Å². The van der Waals surface area contributed by atoms with Crippen molar-refractivity contribution in [1.82, 2.24) is 15.3 Å². The summed E-state index contributed by atoms with van der Waals surface area (Å²) in [5.74, 6) is -0.293. The second kappa shape index (κ2) is 7.19. The van der Waals surface area contributed by atoms with E-state index in [1.165, 1.54) is 6.20 Å². The molecule has 2 heterocycles. The van der Waals surface area contributed by atoms with Crippen molar-refractivity contribution in [3.63, 3.8) is 0 Å². The maximum atomic E-state index is 12.1. The van der Waals surface area contributed by atoms with E-state index >= 15 is 0 Å². The number of aromatic amines is 1. The highest BCUT2D eigenvalue weighted by atomic mass is 16.3. The Morgan fingerprint density at radius 3 is 2.78 bits per heavy atom. The van der Waals surface area contributed by atoms with Crippen LogP contribution in [-0.4, -0.2) is 33.6 Å². The number of aliphatic hydroxyl groups is 1. The first kappa shape index (κ1) is 16.9. The summed E-state index contributed by atoms with van der Waals surface area (Å²) in [4.78, 5) is 30.8. The van der Waals surface area contributed by atoms with E-state index in [9.17, 15) is 14.7 Å². The summed E-state index contributed by atoms with van der Waals surface area (Å²) in [6.07, 6.45) is 3.15. The average molecular weight is 315 g/mol. The molecule has 2 aromatic rings. The molecule has 3 N–H and O–H groups in total. The molecule has 2 rings (SSSR count). The van der Waals surface area contributed by atoms with Gasteiger partial charge in [0.15, 0.2) is 0 Å². The van der Waals surface area contributed by atoms with Gasteiger partial charge < -0.3 is 15.4 Å². The van der Waals surface area contributed by atoms with Gasteiger partial charge in [-0.1, -0.05) is 6.92 Å². The molecule has 122 valence electrons. The molecule has 0 saturated heterocycles. The third-order valence-corrected chi connectivity index (χ3v) is 3.57. The molecule has 0 aromatic carbocycles. The van der Waals surface area contributed by atoms with Gasteiger partial charge in [0.2, 0.25) is 0 Å². The number of carbonyl (C=O) groups excluding carboxylic acids is 1. The van der Waals surface area contributed by atoms with Crippen molar-refractivity contribution in [3.05, 3.63) is 51.7 Å². The summed E-state index contributed by atoms with van der Waals surface area (Å²) in [5.41, 5.74) is 3.35. The quantitative estimate of drug-likeness (QED) is 0.777. The summed E-state index contributed by atoms with van der Waals surface area (Å²) in [6, 6.07) is 3.56. The standard InChI is InChI=1S/C17H21N3O3/c1-4-12-6-15(11(3)20-17(12)23)13-5-14(9-18-8-13)16(22)19-7-10(2)21/h5-6,8-10,21H,4,7H2,1-3H3,(H,19,22)(H,20,23)/t10-/m0/s1. The molecule has 6 heteroatoms. The molecule has 0 saturated carbocycles. The van der Waals surface area contributed by atoms with Crippen molar-refractivity contribution in [2.75, 3.05) is 6.54 Å². The summed E-state index contributed by atoms with van der Waals surface area (Å²) < 4.78 is 0. The van der Waals surface area contributed by atoms with E-state index < -0.39 is 6.10 Å². The number of hydrogen-bond acceptors (Lipinski definition) is 4. The highest BCUT2D eigenvalue weighted by Crippen LogP contribution is 2.22. The predicted octanol–water partition coefficient (Wildman–Crippen LogP) is 1.42. The van der Waals surface area contributed by atoms with Gasteiger partial charge in [0.25, 0.3) is 11.5 Å². The average Bonchev–Trinajstić information content (AvgIpc) is 2.53. The van der Waals surface area contributed by atoms with Crippen molar-refractivity contribution in [1.29, 1.82) is 0 Å². The first-order valence-electron chi connectivity index (χ1n) is 7.56. The summed E-state index contributed by atoms with van der Waals surface area (Å²) in [7, 11) is 0. The highest BCUT2D eigenvalue weighted by molar-refractivity contribution is 5.95. The van der Waals surface area contributed by atoms with E-state index in [-0.39, 0.29) is 18.0 Å². The number of H-pyrrole nitrogens is 1. The minimum Gasteiger partial charge on any atom is -0.392 e. The Kier molecular flexibility index (Phi) is 5.28. The molecule has 0 aliphatic rings. The van der Waals surface area contributed by atoms with E-state index in [0.717, 1.165) is 16.8 Å². The second-order valence-corrected chi connectivity index (χ2v) is 5.54. The molecule has 0 fully saturated rings. The van der Waals surface area contributed by atoms with Crippen LogP contribution < -0.4 is 10.9 Å². The molecule has 6 nitrogen and oxygen atoms in total. The molecule has 23 heavy (non-hydrogen) atoms. The molecule has 0 bridgehead atoms. The Morgan fingerprint density at radius 2 is 2.13 bits per heavy atom. The molecule has 2 aromatic heterocycles. The van der Waals surface area contributed by atoms with Gasteiger partial charge >= 0.3 is 0 Å². The lowest BCUT2D eigenvalue weighted by Gasteiger charge is -2.10. The Balaban J connectivity index is 2.37. The van der Waals surface area contributed by atoms with Crippen LogP contribution >= 0.6 is 0 Å². The van der Waals surface area contributed by atoms with Gasteiger partial charge in [-0.2, -0.15) is 0 Å². The molecule has 0 radical (unpaired) electrons. The van der Waals surface area contributed by atoms with Crippen LogP contribution in [0.25, 0.3) is 11.1 Å². The zero-order chi connectivity index (χ0) is 17.0. The number of hydrogen-bond donors (Lipinski definition) is 3. The Bertz CT molecular complexity index is 766. The van der Waals surface area contributed by atoms with Gasteiger partial charge in [0.05, 0.1) is 11.7 Å². The van der Waals surface area contributed by atoms with Gasteiger partial charge in [-0.25, -0.2) is 0 Å². The van der Waals surface area contributed by atoms with E-state index in [4.69, 9.17) is 0 Å². The molecular formula is C17H21N3O3. The maximum Gasteiger partial charge on any atom is 0.252 e. The van der Waals surface area contributed by atoms with Crippen LogP contribution in [0.15, 0.2) is 29.3 Å². The zero-order valence-corrected chi connectivity index (χ0v) is 13.5. The third-order valence-electron chi connectivity index (χ3n) is 3.57. The zero-order valence-electron chi connectivity index (χ0n) is 13.5. The normalized spacial score (nSPS) is 12.0. The fourth-order valence-electron chi connectivity index (χ4n) is 2.28. The third kappa shape index (κ3) is 4.04. The lowest BCUT2D eigenvalue weighted by molar-refractivity contribution is 0.0923. The number of nitrogens with one attached hydrogen (secondary N) is 2. The van der Waals surface area contributed by atoms with Crippen LogP contribution in [-0.2, 0) is 6.42 Å². The van der Waals surface area contributed by atoms with E-state index in [0.29, 0.717) is 17.5 Å². The summed E-state index contributed by atoms with van der Waals surface area (Å²) in [5, 5.41) is 11.9. The molecule has 0 aliphatic carbocycles. The number of amides is 1. The molecule has 0 spiro atoms. The fraction of sp³-hybridized carbons (Fsp3) is 0.353. The van der Waals surface area contributed by atoms with Crippen molar-refractivity contribution in [2.45, 2.75) is 33.3 Å². The van der Waals surface area contributed by atoms with Gasteiger partial charge in [-0.15, -0.1) is 0 Å². The Labute approximate surface area is 134 Å². The van der Waals surface area contributed by atoms with Crippen molar-refractivity contribution in [2.24, 2.45) is 0 Å². The second-order valence-electron chi connectivity index (χ2n) is 5.54. The Morgan fingerprint density at radius 1 is 1.39 bits per heavy atom. The minimum absolute atomic E-state index is 0.0902. The molecule has 1 atom stereocenters. The molecule has 1 amide bonds. The number of rotatable bonds is 5. The first-order valence-corrected chi connectivity index (χ1v) is 7.56. The lowest BCUT2D eigenvalue weighted by Crippen LogP contribution is -2.30. The number of nitrogens with zero attached hydrogens (tertiary/aromatic N) is 1. The van der Waals surface area contributed by atoms with Gasteiger partial charge in [0.1, 0.15) is 0 Å². The van der Waals surface area contributed by atoms with Crippen LogP contribution in [0.5, 0.6) is 0 Å². The lowest BCUT2D eigenvalue weighted by atomic mass is 10.0. The molecule has 0 aliphatic heterocycles. The molecule has 0 unspecified atom stereocenters. The first-order chi connectivity index (χ1) is 10.9. The largest absolute Gasteiger partial charge is 0.392 e. The van der Waals surface area contributed by atoms with Crippen LogP contribution in [0, 0.1) is 6.92 Å². The van der Waals surface area contributed by atoms with Crippen LogP contribution in [0.1, 0.15) is 35.5 Å². The minimum atomic E-state index is -0.608. The van der Waals surface area contributed by atoms with E-state index in [1.807, 2.05) is 19.9 Å². The number of aliphatic hydroxyl groups excluding tert-OH is 1. The SMILES string of the molecule is CCc1cc(-c2cncc(C(=O)NC[C@H](C)O)c2)c(C)[nH]c1=O. The van der Waals surface area contributed by atoms with Crippen LogP contribution in [0.4, 0.5) is 0 Å². The maximum absolute atomic E-state index is 12.1. The van der Waals surface area contributed by atoms with Gasteiger partial charge in [-0.3, -0.25) is 14.6 Å². The van der Waals surface area contributed by atoms with E-state index in [2.05, 4.69) is 15.3 Å². The number of pyridine rings is 2. The topological polar surface area (TPSA) is 95.1 Å². The van der Waals surface area contributed by atoms with Crippen LogP contribution in [0.3, 0.4) is 0 Å². The smallest absolute Gasteiger partial charge is 0.252 e. The summed E-state index contributed by atoms with van der Waals surface area (Å²) in [6.45, 7) is 5.52. The van der Waals surface area contributed by atoms with Crippen LogP contribution in [0.2, 0.25) is 0 Å².